The number of para-hydroxylation sites is 1. The maximum atomic E-state index is 10.8. The van der Waals surface area contributed by atoms with E-state index < -0.39 is 8.03 Å². The van der Waals surface area contributed by atoms with Crippen LogP contribution in [0.3, 0.4) is 0 Å². The van der Waals surface area contributed by atoms with E-state index in [9.17, 15) is 4.57 Å². The van der Waals surface area contributed by atoms with Crippen molar-refractivity contribution < 1.29 is 14.2 Å². The van der Waals surface area contributed by atoms with Gasteiger partial charge in [-0.05, 0) is 23.1 Å². The molecule has 1 aromatic carbocycles. The van der Waals surface area contributed by atoms with Crippen molar-refractivity contribution in [2.75, 3.05) is 7.11 Å². The minimum atomic E-state index is -2.11. The Labute approximate surface area is 84.6 Å². The molecule has 0 radical (unpaired) electrons. The first-order valence-corrected chi connectivity index (χ1v) is 5.70. The average Bonchev–Trinajstić information content (AvgIpc) is 2.18. The predicted molar refractivity (Wildman–Crippen MR) is 56.0 cm³/mol. The lowest BCUT2D eigenvalue weighted by Crippen LogP contribution is -2.02. The summed E-state index contributed by atoms with van der Waals surface area (Å²) >= 11 is 0. The molecule has 0 bridgehead atoms. The molecule has 1 N–H and O–H groups in total. The Morgan fingerprint density at radius 1 is 1.50 bits per heavy atom. The molecule has 0 saturated carbocycles. The van der Waals surface area contributed by atoms with Gasteiger partial charge in [0.2, 0.25) is 0 Å². The van der Waals surface area contributed by atoms with Crippen molar-refractivity contribution in [2.24, 2.45) is 0 Å². The largest absolute Gasteiger partial charge is 0.508 e. The molecule has 0 fully saturated rings. The number of benzene rings is 1. The summed E-state index contributed by atoms with van der Waals surface area (Å²) in [6, 6.07) is 7.54. The van der Waals surface area contributed by atoms with Gasteiger partial charge in [0.25, 0.3) is 0 Å². The van der Waals surface area contributed by atoms with Crippen LogP contribution in [0.5, 0.6) is 5.75 Å². The zero-order valence-corrected chi connectivity index (χ0v) is 9.20. The minimum Gasteiger partial charge on any atom is -0.496 e. The number of rotatable bonds is 4. The second-order valence-corrected chi connectivity index (χ2v) is 4.65. The molecule has 2 unspecified atom stereocenters. The third-order valence-electron chi connectivity index (χ3n) is 2.08. The molecular weight excluding hydrogens is 199 g/mol. The molecule has 0 heterocycles. The Hall–Kier alpha value is -0.920. The summed E-state index contributed by atoms with van der Waals surface area (Å²) in [5.41, 5.74) is 0.737. The molecule has 2 atom stereocenters. The predicted octanol–water partition coefficient (Wildman–Crippen LogP) is 2.36. The highest BCUT2D eigenvalue weighted by Crippen LogP contribution is 2.28. The van der Waals surface area contributed by atoms with Gasteiger partial charge in [-0.25, -0.2) is 0 Å². The Morgan fingerprint density at radius 2 is 2.14 bits per heavy atom. The maximum absolute atomic E-state index is 10.8. The van der Waals surface area contributed by atoms with Crippen molar-refractivity contribution in [3.63, 3.8) is 0 Å². The van der Waals surface area contributed by atoms with Crippen LogP contribution in [0.1, 0.15) is 12.5 Å². The van der Waals surface area contributed by atoms with Crippen LogP contribution >= 0.6 is 8.03 Å². The number of ether oxygens (including phenoxy) is 1. The number of methoxy groups -OCH3 is 1. The molecule has 1 aromatic rings. The van der Waals surface area contributed by atoms with Gasteiger partial charge >= 0.3 is 8.03 Å². The first-order valence-electron chi connectivity index (χ1n) is 4.42. The van der Waals surface area contributed by atoms with E-state index in [1.54, 1.807) is 14.0 Å². The lowest BCUT2D eigenvalue weighted by atomic mass is 10.1. The van der Waals surface area contributed by atoms with Crippen LogP contribution in [-0.4, -0.2) is 17.7 Å². The molecule has 14 heavy (non-hydrogen) atoms. The van der Waals surface area contributed by atoms with Gasteiger partial charge in [0.05, 0.1) is 7.11 Å². The highest BCUT2D eigenvalue weighted by Gasteiger charge is 2.24. The van der Waals surface area contributed by atoms with Gasteiger partial charge in [-0.3, -0.25) is 0 Å². The standard InChI is InChI=1S/C10H13O3P/c1-8(14(11)12)7-9-5-3-4-6-10(9)13-2/h3-6,8H,7H2,1-2H3/p+1. The summed E-state index contributed by atoms with van der Waals surface area (Å²) in [4.78, 5) is 8.91. The fourth-order valence-electron chi connectivity index (χ4n) is 1.27. The zero-order chi connectivity index (χ0) is 10.6. The average molecular weight is 213 g/mol. The lowest BCUT2D eigenvalue weighted by molar-refractivity contribution is 0.409. The van der Waals surface area contributed by atoms with Crippen LogP contribution in [0, 0.1) is 0 Å². The van der Waals surface area contributed by atoms with Crippen molar-refractivity contribution in [1.82, 2.24) is 0 Å². The smallest absolute Gasteiger partial charge is 0.496 e. The molecule has 1 rings (SSSR count). The van der Waals surface area contributed by atoms with E-state index in [2.05, 4.69) is 0 Å². The fraction of sp³-hybridized carbons (Fsp3) is 0.400. The summed E-state index contributed by atoms with van der Waals surface area (Å²) < 4.78 is 16.0. The normalized spacial score (nSPS) is 13.5. The second kappa shape index (κ2) is 5.08. The van der Waals surface area contributed by atoms with E-state index in [-0.39, 0.29) is 5.66 Å². The van der Waals surface area contributed by atoms with E-state index >= 15 is 0 Å². The molecule has 0 saturated heterocycles. The van der Waals surface area contributed by atoms with Crippen molar-refractivity contribution >= 4 is 8.03 Å². The van der Waals surface area contributed by atoms with Gasteiger partial charge in [0, 0.05) is 6.42 Å². The Kier molecular flexibility index (Phi) is 4.05. The second-order valence-electron chi connectivity index (χ2n) is 3.17. The van der Waals surface area contributed by atoms with Gasteiger partial charge in [-0.2, -0.15) is 4.89 Å². The molecule has 4 heteroatoms. The van der Waals surface area contributed by atoms with Crippen molar-refractivity contribution in [2.45, 2.75) is 19.0 Å². The third kappa shape index (κ3) is 2.79. The first-order chi connectivity index (χ1) is 6.65. The lowest BCUT2D eigenvalue weighted by Gasteiger charge is -2.06. The molecule has 0 aliphatic heterocycles. The molecule has 3 nitrogen and oxygen atoms in total. The maximum Gasteiger partial charge on any atom is 0.508 e. The summed E-state index contributed by atoms with van der Waals surface area (Å²) in [5.74, 6) is 0.774. The van der Waals surface area contributed by atoms with Gasteiger partial charge < -0.3 is 4.74 Å². The highest BCUT2D eigenvalue weighted by atomic mass is 31.1. The van der Waals surface area contributed by atoms with Crippen LogP contribution in [-0.2, 0) is 11.0 Å². The number of hydrogen-bond acceptors (Lipinski definition) is 2. The van der Waals surface area contributed by atoms with E-state index in [1.807, 2.05) is 24.3 Å². The summed E-state index contributed by atoms with van der Waals surface area (Å²) in [7, 11) is -0.509. The van der Waals surface area contributed by atoms with Crippen molar-refractivity contribution in [3.05, 3.63) is 29.8 Å². The molecule has 0 amide bonds. The minimum absolute atomic E-state index is 0.235. The van der Waals surface area contributed by atoms with E-state index in [0.717, 1.165) is 11.3 Å². The Balaban J connectivity index is 2.80. The molecule has 0 aliphatic carbocycles. The van der Waals surface area contributed by atoms with Crippen LogP contribution in [0.2, 0.25) is 0 Å². The van der Waals surface area contributed by atoms with Crippen LogP contribution in [0.15, 0.2) is 24.3 Å². The highest BCUT2D eigenvalue weighted by molar-refractivity contribution is 7.38. The monoisotopic (exact) mass is 213 g/mol. The third-order valence-corrected chi connectivity index (χ3v) is 3.02. The summed E-state index contributed by atoms with van der Waals surface area (Å²) in [6.45, 7) is 1.76. The molecule has 0 spiro atoms. The summed E-state index contributed by atoms with van der Waals surface area (Å²) in [6.07, 6.45) is 0.565. The molecule has 0 aromatic heterocycles. The Bertz CT molecular complexity index is 325. The molecule has 0 aliphatic rings. The topological polar surface area (TPSA) is 46.5 Å². The van der Waals surface area contributed by atoms with E-state index in [1.165, 1.54) is 0 Å². The molecule has 76 valence electrons. The van der Waals surface area contributed by atoms with Gasteiger partial charge in [-0.1, -0.05) is 18.2 Å². The SMILES string of the molecule is COc1ccccc1CC(C)[P+](=O)O. The van der Waals surface area contributed by atoms with Gasteiger partial charge in [0.15, 0.2) is 5.66 Å². The summed E-state index contributed by atoms with van der Waals surface area (Å²) in [5, 5.41) is 0. The van der Waals surface area contributed by atoms with Crippen LogP contribution < -0.4 is 4.74 Å². The fourth-order valence-corrected chi connectivity index (χ4v) is 1.62. The first kappa shape index (κ1) is 11.2. The van der Waals surface area contributed by atoms with E-state index in [4.69, 9.17) is 9.63 Å². The van der Waals surface area contributed by atoms with Crippen LogP contribution in [0.25, 0.3) is 0 Å². The molecular formula is C10H14O3P+. The van der Waals surface area contributed by atoms with E-state index in [0.29, 0.717) is 6.42 Å². The van der Waals surface area contributed by atoms with Crippen molar-refractivity contribution in [1.29, 1.82) is 0 Å². The van der Waals surface area contributed by atoms with Crippen LogP contribution in [0.4, 0.5) is 0 Å². The quantitative estimate of drug-likeness (QED) is 0.781. The number of hydrogen-bond donors (Lipinski definition) is 1. The Morgan fingerprint density at radius 3 is 2.71 bits per heavy atom. The van der Waals surface area contributed by atoms with Crippen molar-refractivity contribution in [3.8, 4) is 5.75 Å². The van der Waals surface area contributed by atoms with Gasteiger partial charge in [0.1, 0.15) is 5.75 Å². The van der Waals surface area contributed by atoms with Gasteiger partial charge in [-0.15, -0.1) is 0 Å². The zero-order valence-electron chi connectivity index (χ0n) is 8.30.